The predicted molar refractivity (Wildman–Crippen MR) is 137 cm³/mol. The summed E-state index contributed by atoms with van der Waals surface area (Å²) in [6.07, 6.45) is -3.55. The van der Waals surface area contributed by atoms with Crippen LogP contribution in [0, 0.1) is 17.2 Å². The van der Waals surface area contributed by atoms with Crippen LogP contribution >= 0.6 is 35.1 Å². The fourth-order valence-corrected chi connectivity index (χ4v) is 5.92. The third-order valence-corrected chi connectivity index (χ3v) is 8.75. The first-order valence-electron chi connectivity index (χ1n) is 11.0. The van der Waals surface area contributed by atoms with Crippen LogP contribution in [0.15, 0.2) is 32.7 Å². The largest absolute Gasteiger partial charge is 0.481 e. The molecule has 1 atom stereocenters. The van der Waals surface area contributed by atoms with Crippen molar-refractivity contribution in [3.63, 3.8) is 0 Å². The highest BCUT2D eigenvalue weighted by Gasteiger charge is 2.50. The number of rotatable bonds is 8. The van der Waals surface area contributed by atoms with E-state index in [1.54, 1.807) is 6.92 Å². The number of alkyl halides is 3. The lowest BCUT2D eigenvalue weighted by atomic mass is 9.93. The Morgan fingerprint density at radius 3 is 2.21 bits per heavy atom. The van der Waals surface area contributed by atoms with Crippen LogP contribution in [0.3, 0.4) is 0 Å². The number of carbonyl (C=O) groups is 3. The van der Waals surface area contributed by atoms with Gasteiger partial charge in [0.1, 0.15) is 11.5 Å². The molecule has 0 spiro atoms. The molecule has 0 amide bonds. The molecule has 0 radical (unpaired) electrons. The van der Waals surface area contributed by atoms with Crippen molar-refractivity contribution in [2.75, 3.05) is 11.5 Å². The number of thioether (sulfide) groups is 2. The predicted octanol–water partition coefficient (Wildman–Crippen LogP) is 4.29. The molecule has 16 heteroatoms. The number of aliphatic carboxylic acids is 2. The monoisotopic (exact) mass is 614 g/mol. The van der Waals surface area contributed by atoms with Gasteiger partial charge in [0.25, 0.3) is 11.5 Å². The summed E-state index contributed by atoms with van der Waals surface area (Å²) < 4.78 is 54.3. The highest BCUT2D eigenvalue weighted by molar-refractivity contribution is 8.15. The third-order valence-electron chi connectivity index (χ3n) is 5.90. The van der Waals surface area contributed by atoms with Crippen LogP contribution in [0.2, 0.25) is 5.02 Å². The summed E-state index contributed by atoms with van der Waals surface area (Å²) in [6, 6.07) is 2.01. The number of halogens is 5. The Morgan fingerprint density at radius 2 is 1.72 bits per heavy atom. The standard InChI is InChI=1S/C21H19ClF4N2O5S2.C2H4O2/c1-10(18(31)32)20(3-4-20)9-35-17(30)8-34-14-6-13(12(23)5-11(14)22)28-16(29)7-15(21(24,25)26)27(2)19(28)33;1-2(3)4/h5-7,10H,3-4,8-9H2,1-2H3,(H,31,32);1H3,(H,3,4). The topological polar surface area (TPSA) is 136 Å². The first-order chi connectivity index (χ1) is 17.9. The number of hydrogen-bond donors (Lipinski definition) is 2. The lowest BCUT2D eigenvalue weighted by Crippen LogP contribution is -2.41. The maximum absolute atomic E-state index is 14.6. The van der Waals surface area contributed by atoms with Gasteiger partial charge in [0, 0.05) is 30.7 Å². The van der Waals surface area contributed by atoms with E-state index in [2.05, 4.69) is 0 Å². The Kier molecular flexibility index (Phi) is 10.5. The maximum atomic E-state index is 14.6. The fourth-order valence-electron chi connectivity index (χ4n) is 3.45. The van der Waals surface area contributed by atoms with Gasteiger partial charge >= 0.3 is 17.8 Å². The highest BCUT2D eigenvalue weighted by Crippen LogP contribution is 2.54. The normalized spacial score (nSPS) is 14.7. The van der Waals surface area contributed by atoms with E-state index >= 15 is 0 Å². The van der Waals surface area contributed by atoms with Gasteiger partial charge in [-0.05, 0) is 30.4 Å². The van der Waals surface area contributed by atoms with Crippen molar-refractivity contribution >= 4 is 52.2 Å². The average Bonchev–Trinajstić information content (AvgIpc) is 3.60. The summed E-state index contributed by atoms with van der Waals surface area (Å²) in [4.78, 5) is 57.5. The van der Waals surface area contributed by atoms with E-state index in [1.807, 2.05) is 0 Å². The summed E-state index contributed by atoms with van der Waals surface area (Å²) in [6.45, 7) is 2.68. The van der Waals surface area contributed by atoms with Gasteiger partial charge in [0.05, 0.1) is 22.4 Å². The zero-order valence-corrected chi connectivity index (χ0v) is 23.1. The van der Waals surface area contributed by atoms with Gasteiger partial charge in [0.2, 0.25) is 0 Å². The molecule has 1 aliphatic carbocycles. The van der Waals surface area contributed by atoms with E-state index in [-0.39, 0.29) is 36.0 Å². The summed E-state index contributed by atoms with van der Waals surface area (Å²) >= 11 is 7.91. The molecular formula is C23H23ClF4N2O7S2. The van der Waals surface area contributed by atoms with Gasteiger partial charge in [0.15, 0.2) is 5.12 Å². The van der Waals surface area contributed by atoms with Crippen molar-refractivity contribution in [3.05, 3.63) is 55.6 Å². The second-order valence-electron chi connectivity index (χ2n) is 8.67. The molecule has 0 bridgehead atoms. The fraction of sp³-hybridized carbons (Fsp3) is 0.435. The zero-order valence-electron chi connectivity index (χ0n) is 20.7. The molecule has 1 aromatic heterocycles. The molecule has 1 saturated carbocycles. The summed E-state index contributed by atoms with van der Waals surface area (Å²) in [5.74, 6) is -3.27. The number of hydrogen-bond acceptors (Lipinski definition) is 7. The van der Waals surface area contributed by atoms with Crippen LogP contribution in [-0.4, -0.2) is 47.9 Å². The Balaban J connectivity index is 0.00000124. The SMILES string of the molecule is CC(=O)O.CC(C(=O)O)C1(CSC(=O)CSc2cc(-n3c(=O)cc(C(F)(F)F)n(C)c3=O)c(F)cc2Cl)CC1. The van der Waals surface area contributed by atoms with E-state index in [1.165, 1.54) is 0 Å². The minimum Gasteiger partial charge on any atom is -0.481 e. The van der Waals surface area contributed by atoms with Crippen molar-refractivity contribution in [2.24, 2.45) is 18.4 Å². The molecule has 2 aromatic rings. The Bertz CT molecular complexity index is 1400. The van der Waals surface area contributed by atoms with Crippen LogP contribution in [0.5, 0.6) is 0 Å². The summed E-state index contributed by atoms with van der Waals surface area (Å²) in [5.41, 5.74) is -5.31. The van der Waals surface area contributed by atoms with E-state index in [0.29, 0.717) is 18.6 Å². The number of carboxylic acids is 2. The van der Waals surface area contributed by atoms with E-state index < -0.39 is 57.9 Å². The van der Waals surface area contributed by atoms with Crippen molar-refractivity contribution < 1.29 is 42.2 Å². The average molecular weight is 615 g/mol. The molecule has 3 rings (SSSR count). The smallest absolute Gasteiger partial charge is 0.431 e. The molecule has 2 N–H and O–H groups in total. The van der Waals surface area contributed by atoms with Gasteiger partial charge in [-0.25, -0.2) is 13.8 Å². The molecule has 0 aliphatic heterocycles. The number of carbonyl (C=O) groups excluding carboxylic acids is 1. The minimum absolute atomic E-state index is 0.121. The van der Waals surface area contributed by atoms with Crippen molar-refractivity contribution in [1.82, 2.24) is 9.13 Å². The molecular weight excluding hydrogens is 592 g/mol. The molecule has 39 heavy (non-hydrogen) atoms. The van der Waals surface area contributed by atoms with Crippen LogP contribution in [-0.2, 0) is 27.6 Å². The second kappa shape index (κ2) is 12.6. The van der Waals surface area contributed by atoms with Gasteiger partial charge in [-0.15, -0.1) is 11.8 Å². The van der Waals surface area contributed by atoms with Gasteiger partial charge in [-0.1, -0.05) is 30.3 Å². The first kappa shape index (κ1) is 32.4. The van der Waals surface area contributed by atoms with E-state index in [9.17, 15) is 41.8 Å². The van der Waals surface area contributed by atoms with Crippen LogP contribution in [0.25, 0.3) is 5.69 Å². The lowest BCUT2D eigenvalue weighted by Gasteiger charge is -2.18. The molecule has 1 fully saturated rings. The van der Waals surface area contributed by atoms with Crippen molar-refractivity contribution in [1.29, 1.82) is 0 Å². The number of benzene rings is 1. The van der Waals surface area contributed by atoms with Crippen LogP contribution < -0.4 is 11.2 Å². The lowest BCUT2D eigenvalue weighted by molar-refractivity contribution is -0.144. The molecule has 9 nitrogen and oxygen atoms in total. The number of aromatic nitrogens is 2. The van der Waals surface area contributed by atoms with Crippen molar-refractivity contribution in [2.45, 2.75) is 37.8 Å². The molecule has 1 aromatic carbocycles. The zero-order chi connectivity index (χ0) is 29.9. The highest BCUT2D eigenvalue weighted by atomic mass is 35.5. The van der Waals surface area contributed by atoms with E-state index in [0.717, 1.165) is 49.6 Å². The number of carboxylic acid groups (broad SMARTS) is 2. The molecule has 1 unspecified atom stereocenters. The van der Waals surface area contributed by atoms with Crippen LogP contribution in [0.4, 0.5) is 17.6 Å². The quantitative estimate of drug-likeness (QED) is 0.330. The summed E-state index contributed by atoms with van der Waals surface area (Å²) in [7, 11) is 0.804. The maximum Gasteiger partial charge on any atom is 0.431 e. The first-order valence-corrected chi connectivity index (χ1v) is 13.4. The van der Waals surface area contributed by atoms with Crippen LogP contribution in [0.1, 0.15) is 32.4 Å². The molecule has 1 aliphatic rings. The summed E-state index contributed by atoms with van der Waals surface area (Å²) in [5, 5.41) is 16.2. The Hall–Kier alpha value is -2.78. The molecule has 0 saturated heterocycles. The Labute approximate surface area is 232 Å². The number of nitrogens with zero attached hydrogens (tertiary/aromatic N) is 2. The molecule has 214 valence electrons. The minimum atomic E-state index is -4.97. The second-order valence-corrected chi connectivity index (χ2v) is 11.1. The van der Waals surface area contributed by atoms with E-state index in [4.69, 9.17) is 21.5 Å². The van der Waals surface area contributed by atoms with Crippen molar-refractivity contribution in [3.8, 4) is 5.69 Å². The van der Waals surface area contributed by atoms with Gasteiger partial charge in [-0.2, -0.15) is 13.2 Å². The Morgan fingerprint density at radius 1 is 1.15 bits per heavy atom. The molecule has 1 heterocycles. The third kappa shape index (κ3) is 8.11. The van der Waals surface area contributed by atoms with Gasteiger partial charge in [-0.3, -0.25) is 23.7 Å². The van der Waals surface area contributed by atoms with Gasteiger partial charge < -0.3 is 10.2 Å².